The van der Waals surface area contributed by atoms with Crippen LogP contribution in [0, 0.1) is 11.3 Å². The Morgan fingerprint density at radius 1 is 1.60 bits per heavy atom. The van der Waals surface area contributed by atoms with Gasteiger partial charge in [-0.05, 0) is 33.4 Å². The highest BCUT2D eigenvalue weighted by molar-refractivity contribution is 7.11. The Bertz CT molecular complexity index is 385. The second-order valence-corrected chi connectivity index (χ2v) is 5.53. The van der Waals surface area contributed by atoms with Gasteiger partial charge in [0.2, 0.25) is 0 Å². The molecule has 0 bridgehead atoms. The van der Waals surface area contributed by atoms with E-state index in [4.69, 9.17) is 0 Å². The first-order valence-electron chi connectivity index (χ1n) is 5.17. The van der Waals surface area contributed by atoms with Gasteiger partial charge in [-0.2, -0.15) is 5.26 Å². The Kier molecular flexibility index (Phi) is 2.76. The summed E-state index contributed by atoms with van der Waals surface area (Å²) in [6.45, 7) is 0.916. The normalized spacial score (nSPS) is 18.5. The van der Waals surface area contributed by atoms with Crippen LogP contribution in [0.25, 0.3) is 0 Å². The van der Waals surface area contributed by atoms with Gasteiger partial charge in [0.15, 0.2) is 0 Å². The third-order valence-electron chi connectivity index (χ3n) is 2.86. The fourth-order valence-electron chi connectivity index (χ4n) is 1.82. The maximum absolute atomic E-state index is 9.19. The van der Waals surface area contributed by atoms with Crippen LogP contribution in [-0.4, -0.2) is 24.0 Å². The lowest BCUT2D eigenvalue weighted by molar-refractivity contribution is 0.323. The van der Waals surface area contributed by atoms with Crippen LogP contribution in [0.1, 0.15) is 29.1 Å². The molecular weight excluding hydrogens is 206 g/mol. The van der Waals surface area contributed by atoms with E-state index in [0.717, 1.165) is 30.8 Å². The minimum atomic E-state index is -0.241. The molecule has 0 atom stereocenters. The number of thiazole rings is 1. The predicted octanol–water partition coefficient (Wildman–Crippen LogP) is 2.15. The number of nitrogens with zero attached hydrogens (tertiary/aromatic N) is 3. The summed E-state index contributed by atoms with van der Waals surface area (Å²) in [6.07, 6.45) is 5.05. The van der Waals surface area contributed by atoms with Crippen molar-refractivity contribution in [2.24, 2.45) is 0 Å². The Balaban J connectivity index is 2.17. The molecule has 1 aliphatic rings. The summed E-state index contributed by atoms with van der Waals surface area (Å²) in [5, 5.41) is 10.2. The number of rotatable bonds is 3. The van der Waals surface area contributed by atoms with E-state index in [9.17, 15) is 5.26 Å². The average Bonchev–Trinajstić information content (AvgIpc) is 2.51. The average molecular weight is 221 g/mol. The highest BCUT2D eigenvalue weighted by atomic mass is 32.1. The Morgan fingerprint density at radius 3 is 2.80 bits per heavy atom. The van der Waals surface area contributed by atoms with Gasteiger partial charge in [0.05, 0.1) is 6.07 Å². The molecule has 0 saturated heterocycles. The molecule has 0 spiro atoms. The highest BCUT2D eigenvalue weighted by Crippen LogP contribution is 2.44. The van der Waals surface area contributed by atoms with Crippen LogP contribution in [0.4, 0.5) is 0 Å². The molecule has 0 aliphatic heterocycles. The van der Waals surface area contributed by atoms with Gasteiger partial charge >= 0.3 is 0 Å². The van der Waals surface area contributed by atoms with Crippen molar-refractivity contribution in [1.82, 2.24) is 9.88 Å². The maximum atomic E-state index is 9.19. The summed E-state index contributed by atoms with van der Waals surface area (Å²) < 4.78 is 0. The van der Waals surface area contributed by atoms with Crippen molar-refractivity contribution in [2.75, 3.05) is 14.1 Å². The summed E-state index contributed by atoms with van der Waals surface area (Å²) in [4.78, 5) is 7.77. The Hall–Kier alpha value is -0.920. The second-order valence-electron chi connectivity index (χ2n) is 4.42. The van der Waals surface area contributed by atoms with E-state index in [1.807, 2.05) is 20.3 Å². The van der Waals surface area contributed by atoms with Gasteiger partial charge in [0, 0.05) is 17.6 Å². The molecule has 1 aromatic rings. The summed E-state index contributed by atoms with van der Waals surface area (Å²) in [6, 6.07) is 2.43. The van der Waals surface area contributed by atoms with E-state index < -0.39 is 0 Å². The van der Waals surface area contributed by atoms with Crippen LogP contribution in [0.5, 0.6) is 0 Å². The van der Waals surface area contributed by atoms with Gasteiger partial charge in [-0.15, -0.1) is 11.3 Å². The van der Waals surface area contributed by atoms with Crippen molar-refractivity contribution >= 4 is 11.3 Å². The van der Waals surface area contributed by atoms with Crippen molar-refractivity contribution in [3.8, 4) is 6.07 Å². The molecule has 0 unspecified atom stereocenters. The molecule has 0 N–H and O–H groups in total. The molecule has 2 rings (SSSR count). The summed E-state index contributed by atoms with van der Waals surface area (Å²) >= 11 is 1.69. The third-order valence-corrected chi connectivity index (χ3v) is 4.04. The number of hydrogen-bond acceptors (Lipinski definition) is 4. The summed E-state index contributed by atoms with van der Waals surface area (Å²) in [7, 11) is 4.09. The summed E-state index contributed by atoms with van der Waals surface area (Å²) in [5.41, 5.74) is -0.241. The lowest BCUT2D eigenvalue weighted by atomic mass is 9.70. The molecule has 80 valence electrons. The van der Waals surface area contributed by atoms with E-state index in [1.165, 1.54) is 4.88 Å². The topological polar surface area (TPSA) is 39.9 Å². The molecule has 15 heavy (non-hydrogen) atoms. The highest BCUT2D eigenvalue weighted by Gasteiger charge is 2.41. The SMILES string of the molecule is CN(C)Cc1cnc(C2(C#N)CCC2)s1. The van der Waals surface area contributed by atoms with Crippen molar-refractivity contribution in [1.29, 1.82) is 5.26 Å². The van der Waals surface area contributed by atoms with Crippen LogP contribution in [0.3, 0.4) is 0 Å². The predicted molar refractivity (Wildman–Crippen MR) is 60.6 cm³/mol. The number of hydrogen-bond donors (Lipinski definition) is 0. The van der Waals surface area contributed by atoms with Gasteiger partial charge in [-0.1, -0.05) is 0 Å². The molecule has 1 fully saturated rings. The van der Waals surface area contributed by atoms with E-state index in [-0.39, 0.29) is 5.41 Å². The Morgan fingerprint density at radius 2 is 2.33 bits per heavy atom. The molecule has 1 saturated carbocycles. The lowest BCUT2D eigenvalue weighted by Gasteiger charge is -2.32. The minimum Gasteiger partial charge on any atom is -0.304 e. The molecule has 0 amide bonds. The first-order valence-corrected chi connectivity index (χ1v) is 5.99. The number of aromatic nitrogens is 1. The van der Waals surface area contributed by atoms with E-state index in [2.05, 4.69) is 16.0 Å². The zero-order chi connectivity index (χ0) is 10.9. The zero-order valence-electron chi connectivity index (χ0n) is 9.16. The first-order chi connectivity index (χ1) is 7.16. The standard InChI is InChI=1S/C11H15N3S/c1-14(2)7-9-6-13-10(15-9)11(8-12)4-3-5-11/h6H,3-5,7H2,1-2H3. The molecular formula is C11H15N3S. The van der Waals surface area contributed by atoms with Crippen molar-refractivity contribution < 1.29 is 0 Å². The van der Waals surface area contributed by atoms with Gasteiger partial charge in [0.1, 0.15) is 10.4 Å². The van der Waals surface area contributed by atoms with Crippen molar-refractivity contribution in [3.05, 3.63) is 16.1 Å². The van der Waals surface area contributed by atoms with Crippen LogP contribution >= 0.6 is 11.3 Å². The maximum Gasteiger partial charge on any atom is 0.113 e. The van der Waals surface area contributed by atoms with Crippen molar-refractivity contribution in [3.63, 3.8) is 0 Å². The monoisotopic (exact) mass is 221 g/mol. The smallest absolute Gasteiger partial charge is 0.113 e. The minimum absolute atomic E-state index is 0.241. The van der Waals surface area contributed by atoms with Crippen LogP contribution in [-0.2, 0) is 12.0 Å². The molecule has 1 aliphatic carbocycles. The Labute approximate surface area is 94.4 Å². The molecule has 0 aromatic carbocycles. The van der Waals surface area contributed by atoms with E-state index in [1.54, 1.807) is 11.3 Å². The largest absolute Gasteiger partial charge is 0.304 e. The van der Waals surface area contributed by atoms with E-state index >= 15 is 0 Å². The summed E-state index contributed by atoms with van der Waals surface area (Å²) in [5.74, 6) is 0. The zero-order valence-corrected chi connectivity index (χ0v) is 9.97. The van der Waals surface area contributed by atoms with Gasteiger partial charge < -0.3 is 4.90 Å². The van der Waals surface area contributed by atoms with Crippen LogP contribution in [0.2, 0.25) is 0 Å². The first kappa shape index (κ1) is 10.6. The molecule has 0 radical (unpaired) electrons. The number of nitriles is 1. The quantitative estimate of drug-likeness (QED) is 0.785. The van der Waals surface area contributed by atoms with Gasteiger partial charge in [-0.3, -0.25) is 0 Å². The third kappa shape index (κ3) is 1.90. The fourth-order valence-corrected chi connectivity index (χ4v) is 3.04. The lowest BCUT2D eigenvalue weighted by Crippen LogP contribution is -2.32. The molecule has 1 heterocycles. The second kappa shape index (κ2) is 3.92. The van der Waals surface area contributed by atoms with Crippen molar-refractivity contribution in [2.45, 2.75) is 31.2 Å². The van der Waals surface area contributed by atoms with Crippen LogP contribution < -0.4 is 0 Å². The van der Waals surface area contributed by atoms with E-state index in [0.29, 0.717) is 0 Å². The molecule has 4 heteroatoms. The van der Waals surface area contributed by atoms with Gasteiger partial charge in [0.25, 0.3) is 0 Å². The fraction of sp³-hybridized carbons (Fsp3) is 0.636. The van der Waals surface area contributed by atoms with Gasteiger partial charge in [-0.25, -0.2) is 4.98 Å². The molecule has 1 aromatic heterocycles. The molecule has 3 nitrogen and oxygen atoms in total. The van der Waals surface area contributed by atoms with Crippen LogP contribution in [0.15, 0.2) is 6.20 Å².